The van der Waals surface area contributed by atoms with Crippen LogP contribution in [0.2, 0.25) is 5.02 Å². The lowest BCUT2D eigenvalue weighted by Gasteiger charge is -2.12. The number of carbonyl (C=O) groups excluding carboxylic acids is 2. The summed E-state index contributed by atoms with van der Waals surface area (Å²) in [5.74, 6) is 0.663. The molecule has 174 valence electrons. The van der Waals surface area contributed by atoms with E-state index in [1.807, 2.05) is 6.92 Å². The molecule has 0 radical (unpaired) electrons. The predicted octanol–water partition coefficient (Wildman–Crippen LogP) is 4.58. The van der Waals surface area contributed by atoms with Crippen molar-refractivity contribution in [2.24, 2.45) is 4.99 Å². The van der Waals surface area contributed by atoms with E-state index in [9.17, 15) is 9.59 Å². The fraction of sp³-hybridized carbons (Fsp3) is 0.261. The van der Waals surface area contributed by atoms with Gasteiger partial charge in [0, 0.05) is 5.02 Å². The summed E-state index contributed by atoms with van der Waals surface area (Å²) in [6.07, 6.45) is 1.72. The first-order valence-corrected chi connectivity index (χ1v) is 11.3. The van der Waals surface area contributed by atoms with E-state index in [0.29, 0.717) is 44.6 Å². The fourth-order valence-electron chi connectivity index (χ4n) is 2.83. The Labute approximate surface area is 200 Å². The van der Waals surface area contributed by atoms with Crippen LogP contribution in [-0.4, -0.2) is 44.0 Å². The summed E-state index contributed by atoms with van der Waals surface area (Å²) in [7, 11) is 1.54. The maximum Gasteiger partial charge on any atom is 0.344 e. The number of carbonyl (C=O) groups is 2. The lowest BCUT2D eigenvalue weighted by molar-refractivity contribution is -0.145. The maximum absolute atomic E-state index is 12.5. The summed E-state index contributed by atoms with van der Waals surface area (Å²) in [4.78, 5) is 29.0. The molecule has 1 fully saturated rings. The molecule has 33 heavy (non-hydrogen) atoms. The molecule has 0 unspecified atom stereocenters. The number of hydrogen-bond donors (Lipinski definition) is 1. The highest BCUT2D eigenvalue weighted by molar-refractivity contribution is 8.18. The second kappa shape index (κ2) is 11.6. The van der Waals surface area contributed by atoms with Crippen molar-refractivity contribution < 1.29 is 28.5 Å². The first kappa shape index (κ1) is 24.5. The Morgan fingerprint density at radius 3 is 2.61 bits per heavy atom. The number of amidine groups is 1. The van der Waals surface area contributed by atoms with Gasteiger partial charge < -0.3 is 24.3 Å². The summed E-state index contributed by atoms with van der Waals surface area (Å²) in [6, 6.07) is 10.2. The summed E-state index contributed by atoms with van der Waals surface area (Å²) in [5.41, 5.74) is 1.23. The van der Waals surface area contributed by atoms with Crippen LogP contribution in [0.5, 0.6) is 17.2 Å². The number of esters is 1. The Hall–Kier alpha value is -3.17. The molecule has 1 heterocycles. The minimum absolute atomic E-state index is 0.223. The number of benzene rings is 2. The fourth-order valence-corrected chi connectivity index (χ4v) is 3.83. The van der Waals surface area contributed by atoms with Gasteiger partial charge in [-0.2, -0.15) is 0 Å². The molecule has 1 aliphatic rings. The highest BCUT2D eigenvalue weighted by atomic mass is 35.5. The smallest absolute Gasteiger partial charge is 0.344 e. The van der Waals surface area contributed by atoms with E-state index in [-0.39, 0.29) is 19.1 Å². The van der Waals surface area contributed by atoms with Gasteiger partial charge in [0.05, 0.1) is 25.2 Å². The molecule has 1 amide bonds. The topological polar surface area (TPSA) is 95.5 Å². The zero-order chi connectivity index (χ0) is 23.8. The average Bonchev–Trinajstić information content (AvgIpc) is 3.12. The minimum atomic E-state index is -0.465. The van der Waals surface area contributed by atoms with E-state index >= 15 is 0 Å². The highest BCUT2D eigenvalue weighted by Crippen LogP contribution is 2.35. The van der Waals surface area contributed by atoms with Crippen LogP contribution in [-0.2, 0) is 14.3 Å². The molecule has 0 bridgehead atoms. The van der Waals surface area contributed by atoms with Crippen LogP contribution < -0.4 is 19.5 Å². The third-order valence-electron chi connectivity index (χ3n) is 4.23. The zero-order valence-corrected chi connectivity index (χ0v) is 19.9. The molecule has 2 aromatic carbocycles. The summed E-state index contributed by atoms with van der Waals surface area (Å²) in [5, 5.41) is 3.66. The van der Waals surface area contributed by atoms with Crippen LogP contribution >= 0.6 is 23.4 Å². The third kappa shape index (κ3) is 6.66. The Morgan fingerprint density at radius 2 is 1.88 bits per heavy atom. The van der Waals surface area contributed by atoms with Crippen LogP contribution in [0.25, 0.3) is 6.08 Å². The van der Waals surface area contributed by atoms with E-state index in [4.69, 9.17) is 30.5 Å². The first-order valence-electron chi connectivity index (χ1n) is 10.1. The number of aliphatic imine (C=N–C) groups is 1. The maximum atomic E-state index is 12.5. The van der Waals surface area contributed by atoms with Gasteiger partial charge in [-0.3, -0.25) is 4.79 Å². The van der Waals surface area contributed by atoms with Gasteiger partial charge >= 0.3 is 5.97 Å². The van der Waals surface area contributed by atoms with E-state index in [0.717, 1.165) is 5.56 Å². The zero-order valence-electron chi connectivity index (χ0n) is 18.3. The summed E-state index contributed by atoms with van der Waals surface area (Å²) >= 11 is 7.25. The first-order chi connectivity index (χ1) is 15.9. The molecule has 0 aliphatic carbocycles. The van der Waals surface area contributed by atoms with Gasteiger partial charge in [0.2, 0.25) is 0 Å². The van der Waals surface area contributed by atoms with Crippen molar-refractivity contribution in [3.8, 4) is 17.2 Å². The summed E-state index contributed by atoms with van der Waals surface area (Å²) in [6.45, 7) is 4.03. The van der Waals surface area contributed by atoms with Crippen molar-refractivity contribution in [3.63, 3.8) is 0 Å². The number of halogens is 1. The monoisotopic (exact) mass is 490 g/mol. The molecule has 2 aromatic rings. The molecular formula is C23H23ClN2O6S. The van der Waals surface area contributed by atoms with Crippen LogP contribution in [0.4, 0.5) is 5.69 Å². The number of rotatable bonds is 9. The molecule has 1 aliphatic heterocycles. The molecule has 0 atom stereocenters. The van der Waals surface area contributed by atoms with Crippen LogP contribution in [0.3, 0.4) is 0 Å². The quantitative estimate of drug-likeness (QED) is 0.406. The lowest BCUT2D eigenvalue weighted by atomic mass is 10.2. The van der Waals surface area contributed by atoms with Gasteiger partial charge in [0.15, 0.2) is 23.3 Å². The number of hydrogen-bond acceptors (Lipinski definition) is 8. The summed E-state index contributed by atoms with van der Waals surface area (Å²) < 4.78 is 21.3. The van der Waals surface area contributed by atoms with Crippen molar-refractivity contribution in [2.45, 2.75) is 13.8 Å². The van der Waals surface area contributed by atoms with Gasteiger partial charge in [-0.25, -0.2) is 9.79 Å². The lowest BCUT2D eigenvalue weighted by Crippen LogP contribution is -2.19. The van der Waals surface area contributed by atoms with Gasteiger partial charge in [-0.1, -0.05) is 17.7 Å². The van der Waals surface area contributed by atoms with Crippen molar-refractivity contribution in [2.75, 3.05) is 26.9 Å². The van der Waals surface area contributed by atoms with Gasteiger partial charge in [-0.15, -0.1) is 0 Å². The van der Waals surface area contributed by atoms with Crippen molar-refractivity contribution in [1.29, 1.82) is 0 Å². The van der Waals surface area contributed by atoms with E-state index in [2.05, 4.69) is 10.3 Å². The highest BCUT2D eigenvalue weighted by Gasteiger charge is 2.24. The Kier molecular flexibility index (Phi) is 8.62. The molecule has 0 aromatic heterocycles. The second-order valence-electron chi connectivity index (χ2n) is 6.53. The second-order valence-corrected chi connectivity index (χ2v) is 8.00. The van der Waals surface area contributed by atoms with Crippen LogP contribution in [0.15, 0.2) is 46.3 Å². The molecular weight excluding hydrogens is 468 g/mol. The van der Waals surface area contributed by atoms with Crippen molar-refractivity contribution in [3.05, 3.63) is 51.9 Å². The molecule has 3 rings (SSSR count). The Bertz CT molecular complexity index is 1100. The number of methoxy groups -OCH3 is 1. The largest absolute Gasteiger partial charge is 0.494 e. The van der Waals surface area contributed by atoms with Gasteiger partial charge in [-0.05, 0) is 67.6 Å². The standard InChI is InChI=1S/C23H23ClN2O6S/c1-4-30-19-10-14(6-8-18(19)32-13-21(27)31-5-2)11-20-22(28)26-23(33-20)25-16-12-15(24)7-9-17(16)29-3/h6-12H,4-5,13H2,1-3H3,(H,25,26,28)/b20-11-. The number of thioether (sulfide) groups is 1. The number of ether oxygens (including phenoxy) is 4. The normalized spacial score (nSPS) is 15.5. The van der Waals surface area contributed by atoms with Crippen LogP contribution in [0, 0.1) is 0 Å². The minimum Gasteiger partial charge on any atom is -0.494 e. The molecule has 0 spiro atoms. The van der Waals surface area contributed by atoms with Crippen molar-refractivity contribution in [1.82, 2.24) is 5.32 Å². The molecule has 8 nitrogen and oxygen atoms in total. The van der Waals surface area contributed by atoms with Crippen molar-refractivity contribution >= 4 is 52.2 Å². The number of nitrogens with one attached hydrogen (secondary N) is 1. The number of amides is 1. The molecule has 1 N–H and O–H groups in total. The van der Waals surface area contributed by atoms with Crippen LogP contribution in [0.1, 0.15) is 19.4 Å². The van der Waals surface area contributed by atoms with E-state index in [1.54, 1.807) is 49.4 Å². The SMILES string of the molecule is CCOC(=O)COc1ccc(/C=C2\SC(=Nc3cc(Cl)ccc3OC)NC2=O)cc1OCC. The van der Waals surface area contributed by atoms with Gasteiger partial charge in [0.1, 0.15) is 11.4 Å². The Morgan fingerprint density at radius 1 is 1.09 bits per heavy atom. The molecule has 10 heteroatoms. The Balaban J connectivity index is 1.80. The predicted molar refractivity (Wildman–Crippen MR) is 129 cm³/mol. The van der Waals surface area contributed by atoms with E-state index < -0.39 is 5.97 Å². The van der Waals surface area contributed by atoms with E-state index in [1.165, 1.54) is 18.9 Å². The third-order valence-corrected chi connectivity index (χ3v) is 5.37. The molecule has 0 saturated carbocycles. The molecule has 1 saturated heterocycles. The average molecular weight is 491 g/mol. The number of nitrogens with zero attached hydrogens (tertiary/aromatic N) is 1. The van der Waals surface area contributed by atoms with Gasteiger partial charge in [0.25, 0.3) is 5.91 Å².